The summed E-state index contributed by atoms with van der Waals surface area (Å²) in [6.45, 7) is 0.590. The Kier molecular flexibility index (Phi) is 6.66. The first kappa shape index (κ1) is 25.2. The van der Waals surface area contributed by atoms with Gasteiger partial charge in [-0.2, -0.15) is 0 Å². The highest BCUT2D eigenvalue weighted by Crippen LogP contribution is 2.34. The fourth-order valence-corrected chi connectivity index (χ4v) is 5.11. The average Bonchev–Trinajstić information content (AvgIpc) is 3.53. The third kappa shape index (κ3) is 4.99. The smallest absolute Gasteiger partial charge is 0.328 e. The first-order valence-electron chi connectivity index (χ1n) is 13.0. The number of nitrogens with zero attached hydrogens (tertiary/aromatic N) is 2. The SMILES string of the molecule is N=C(N)c1ccc(C[C@H]2C(=O)N(Cc3ccc4c(c3)OCO4)C(=O)N2Cc2ccc(-c3ccccc3)cc2)cc1. The fraction of sp³-hybridized carbons (Fsp3) is 0.156. The van der Waals surface area contributed by atoms with Crippen LogP contribution in [0.15, 0.2) is 97.1 Å². The van der Waals surface area contributed by atoms with Crippen LogP contribution in [-0.2, 0) is 24.3 Å². The maximum absolute atomic E-state index is 13.7. The van der Waals surface area contributed by atoms with Crippen LogP contribution in [0.3, 0.4) is 0 Å². The van der Waals surface area contributed by atoms with Gasteiger partial charge in [0.1, 0.15) is 11.9 Å². The van der Waals surface area contributed by atoms with Gasteiger partial charge in [0, 0.05) is 18.5 Å². The number of carbonyl (C=O) groups excluding carboxylic acids is 2. The Morgan fingerprint density at radius 1 is 0.775 bits per heavy atom. The lowest BCUT2D eigenvalue weighted by Gasteiger charge is -2.22. The summed E-state index contributed by atoms with van der Waals surface area (Å²) in [5, 5.41) is 7.64. The number of ether oxygens (including phenoxy) is 2. The van der Waals surface area contributed by atoms with E-state index in [-0.39, 0.29) is 31.1 Å². The summed E-state index contributed by atoms with van der Waals surface area (Å²) in [4.78, 5) is 30.4. The Morgan fingerprint density at radius 3 is 2.15 bits per heavy atom. The predicted molar refractivity (Wildman–Crippen MR) is 151 cm³/mol. The maximum atomic E-state index is 13.7. The molecule has 0 bridgehead atoms. The minimum atomic E-state index is -0.668. The number of nitrogens with two attached hydrogens (primary N) is 1. The maximum Gasteiger partial charge on any atom is 0.328 e. The summed E-state index contributed by atoms with van der Waals surface area (Å²) in [5.74, 6) is 0.984. The van der Waals surface area contributed by atoms with Crippen molar-refractivity contribution in [2.24, 2.45) is 5.73 Å². The molecule has 2 aliphatic heterocycles. The number of nitrogens with one attached hydrogen (secondary N) is 1. The highest BCUT2D eigenvalue weighted by atomic mass is 16.7. The summed E-state index contributed by atoms with van der Waals surface area (Å²) in [7, 11) is 0. The lowest BCUT2D eigenvalue weighted by molar-refractivity contribution is -0.128. The minimum Gasteiger partial charge on any atom is -0.454 e. The van der Waals surface area contributed by atoms with Gasteiger partial charge in [0.15, 0.2) is 11.5 Å². The van der Waals surface area contributed by atoms with E-state index in [1.54, 1.807) is 23.1 Å². The van der Waals surface area contributed by atoms with Gasteiger partial charge in [-0.3, -0.25) is 15.1 Å². The molecule has 6 rings (SSSR count). The summed E-state index contributed by atoms with van der Waals surface area (Å²) in [5.41, 5.74) is 11.0. The third-order valence-corrected chi connectivity index (χ3v) is 7.29. The predicted octanol–water partition coefficient (Wildman–Crippen LogP) is 4.94. The minimum absolute atomic E-state index is 0.0193. The molecule has 0 aromatic heterocycles. The van der Waals surface area contributed by atoms with Gasteiger partial charge in [0.2, 0.25) is 6.79 Å². The number of urea groups is 1. The van der Waals surface area contributed by atoms with Crippen LogP contribution in [0.2, 0.25) is 0 Å². The highest BCUT2D eigenvalue weighted by Gasteiger charge is 2.44. The van der Waals surface area contributed by atoms with Crippen LogP contribution >= 0.6 is 0 Å². The van der Waals surface area contributed by atoms with E-state index in [2.05, 4.69) is 12.1 Å². The largest absolute Gasteiger partial charge is 0.454 e. The van der Waals surface area contributed by atoms with Gasteiger partial charge >= 0.3 is 6.03 Å². The summed E-state index contributed by atoms with van der Waals surface area (Å²) in [6, 6.07) is 29.8. The number of hydrogen-bond acceptors (Lipinski definition) is 5. The second-order valence-corrected chi connectivity index (χ2v) is 9.92. The van der Waals surface area contributed by atoms with E-state index >= 15 is 0 Å². The second-order valence-electron chi connectivity index (χ2n) is 9.92. The quantitative estimate of drug-likeness (QED) is 0.190. The van der Waals surface area contributed by atoms with Crippen molar-refractivity contribution in [2.75, 3.05) is 6.79 Å². The van der Waals surface area contributed by atoms with E-state index in [0.29, 0.717) is 30.0 Å². The molecular formula is C32H28N4O4. The van der Waals surface area contributed by atoms with Crippen LogP contribution in [0, 0.1) is 5.41 Å². The number of imide groups is 1. The van der Waals surface area contributed by atoms with E-state index in [1.807, 2.05) is 66.7 Å². The van der Waals surface area contributed by atoms with E-state index in [0.717, 1.165) is 27.8 Å². The summed E-state index contributed by atoms with van der Waals surface area (Å²) >= 11 is 0. The summed E-state index contributed by atoms with van der Waals surface area (Å²) < 4.78 is 10.9. The van der Waals surface area contributed by atoms with Crippen molar-refractivity contribution in [3.05, 3.63) is 119 Å². The molecule has 4 aromatic carbocycles. The Morgan fingerprint density at radius 2 is 1.43 bits per heavy atom. The molecule has 1 fully saturated rings. The van der Waals surface area contributed by atoms with Crippen LogP contribution in [-0.4, -0.2) is 40.4 Å². The van der Waals surface area contributed by atoms with Gasteiger partial charge in [-0.05, 0) is 39.9 Å². The molecule has 0 radical (unpaired) electrons. The molecule has 8 heteroatoms. The van der Waals surface area contributed by atoms with E-state index < -0.39 is 6.04 Å². The number of hydrogen-bond donors (Lipinski definition) is 2. The highest BCUT2D eigenvalue weighted by molar-refractivity contribution is 6.04. The lowest BCUT2D eigenvalue weighted by Crippen LogP contribution is -2.36. The molecule has 4 aromatic rings. The van der Waals surface area contributed by atoms with Crippen molar-refractivity contribution in [3.63, 3.8) is 0 Å². The number of fused-ring (bicyclic) bond motifs is 1. The molecule has 2 heterocycles. The Balaban J connectivity index is 1.26. The van der Waals surface area contributed by atoms with Gasteiger partial charge in [-0.15, -0.1) is 0 Å². The molecule has 200 valence electrons. The van der Waals surface area contributed by atoms with Crippen molar-refractivity contribution in [1.82, 2.24) is 9.80 Å². The summed E-state index contributed by atoms with van der Waals surface area (Å²) in [6.07, 6.45) is 0.350. The van der Waals surface area contributed by atoms with Crippen LogP contribution in [0.5, 0.6) is 11.5 Å². The normalized spacial score (nSPS) is 16.1. The lowest BCUT2D eigenvalue weighted by atomic mass is 10.0. The van der Waals surface area contributed by atoms with Crippen LogP contribution in [0.4, 0.5) is 4.79 Å². The second kappa shape index (κ2) is 10.6. The van der Waals surface area contributed by atoms with Gasteiger partial charge in [-0.25, -0.2) is 4.79 Å². The van der Waals surface area contributed by atoms with Crippen molar-refractivity contribution >= 4 is 17.8 Å². The molecule has 0 saturated carbocycles. The molecule has 0 aliphatic carbocycles. The van der Waals surface area contributed by atoms with Gasteiger partial charge in [-0.1, -0.05) is 84.9 Å². The molecule has 3 N–H and O–H groups in total. The zero-order valence-corrected chi connectivity index (χ0v) is 21.7. The number of amides is 3. The molecule has 0 unspecified atom stereocenters. The Labute approximate surface area is 232 Å². The number of carbonyl (C=O) groups is 2. The van der Waals surface area contributed by atoms with Crippen molar-refractivity contribution in [1.29, 1.82) is 5.41 Å². The third-order valence-electron chi connectivity index (χ3n) is 7.29. The molecule has 3 amide bonds. The van der Waals surface area contributed by atoms with Gasteiger partial charge < -0.3 is 20.1 Å². The van der Waals surface area contributed by atoms with E-state index in [1.165, 1.54) is 4.90 Å². The topological polar surface area (TPSA) is 109 Å². The van der Waals surface area contributed by atoms with Crippen molar-refractivity contribution in [2.45, 2.75) is 25.6 Å². The van der Waals surface area contributed by atoms with Crippen molar-refractivity contribution < 1.29 is 19.1 Å². The monoisotopic (exact) mass is 532 g/mol. The fourth-order valence-electron chi connectivity index (χ4n) is 5.11. The molecule has 2 aliphatic rings. The first-order valence-corrected chi connectivity index (χ1v) is 13.0. The number of rotatable bonds is 8. The Bertz CT molecular complexity index is 1570. The molecular weight excluding hydrogens is 504 g/mol. The molecule has 0 spiro atoms. The van der Waals surface area contributed by atoms with Crippen LogP contribution in [0.1, 0.15) is 22.3 Å². The van der Waals surface area contributed by atoms with Gasteiger partial charge in [0.05, 0.1) is 6.54 Å². The number of benzene rings is 4. The molecule has 40 heavy (non-hydrogen) atoms. The molecule has 8 nitrogen and oxygen atoms in total. The van der Waals surface area contributed by atoms with Crippen LogP contribution < -0.4 is 15.2 Å². The number of amidine groups is 1. The zero-order chi connectivity index (χ0) is 27.6. The average molecular weight is 533 g/mol. The van der Waals surface area contributed by atoms with E-state index in [4.69, 9.17) is 20.6 Å². The molecule has 1 atom stereocenters. The standard InChI is InChI=1S/C32H28N4O4/c33-30(34)26-13-6-21(7-14-26)16-27-31(37)36(19-23-10-15-28-29(17-23)40-20-39-28)32(38)35(27)18-22-8-11-25(12-9-22)24-4-2-1-3-5-24/h1-15,17,27H,16,18-20H2,(H3,33,34)/t27-/m0/s1. The molecule has 1 saturated heterocycles. The van der Waals surface area contributed by atoms with E-state index in [9.17, 15) is 9.59 Å². The zero-order valence-electron chi connectivity index (χ0n) is 21.7. The van der Waals surface area contributed by atoms with Crippen LogP contribution in [0.25, 0.3) is 11.1 Å². The van der Waals surface area contributed by atoms with Gasteiger partial charge in [0.25, 0.3) is 5.91 Å². The first-order chi connectivity index (χ1) is 19.5. The number of nitrogen functional groups attached to an aromatic ring is 1. The Hall–Kier alpha value is -5.11. The van der Waals surface area contributed by atoms with Crippen molar-refractivity contribution in [3.8, 4) is 22.6 Å².